The molecule has 1 saturated carbocycles. The molecule has 0 spiro atoms. The fraction of sp³-hybridized carbons (Fsp3) is 0.480. The van der Waals surface area contributed by atoms with Crippen LogP contribution in [0.5, 0.6) is 0 Å². The van der Waals surface area contributed by atoms with Crippen LogP contribution in [0.15, 0.2) is 53.6 Å². The lowest BCUT2D eigenvalue weighted by Gasteiger charge is -2.22. The molecule has 1 aliphatic carbocycles. The first-order chi connectivity index (χ1) is 16.2. The van der Waals surface area contributed by atoms with Crippen molar-refractivity contribution in [2.45, 2.75) is 64.2 Å². The average Bonchev–Trinajstić information content (AvgIpc) is 3.33. The van der Waals surface area contributed by atoms with Crippen LogP contribution in [-0.2, 0) is 16.1 Å². The molecule has 8 nitrogen and oxygen atoms in total. The fourth-order valence-electron chi connectivity index (χ4n) is 4.64. The van der Waals surface area contributed by atoms with E-state index in [-0.39, 0.29) is 11.8 Å². The summed E-state index contributed by atoms with van der Waals surface area (Å²) in [5, 5.41) is 8.70. The Balaban J connectivity index is 1.22. The number of hydrogen-bond donors (Lipinski definition) is 1. The number of nitrogens with zero attached hydrogens (tertiary/aromatic N) is 4. The molecule has 5 rings (SSSR count). The van der Waals surface area contributed by atoms with Crippen LogP contribution < -0.4 is 11.1 Å². The van der Waals surface area contributed by atoms with Crippen molar-refractivity contribution in [3.63, 3.8) is 0 Å². The van der Waals surface area contributed by atoms with Gasteiger partial charge in [0.15, 0.2) is 6.29 Å². The summed E-state index contributed by atoms with van der Waals surface area (Å²) in [6.07, 6.45) is 12.9. The number of hydrogen-bond acceptors (Lipinski definition) is 6. The molecule has 3 heterocycles. The van der Waals surface area contributed by atoms with Crippen molar-refractivity contribution < 1.29 is 9.57 Å². The lowest BCUT2D eigenvalue weighted by atomic mass is 9.89. The topological polar surface area (TPSA) is 83.2 Å². The van der Waals surface area contributed by atoms with Gasteiger partial charge in [-0.25, -0.2) is 9.51 Å². The summed E-state index contributed by atoms with van der Waals surface area (Å²) >= 11 is 0. The third kappa shape index (κ3) is 5.51. The van der Waals surface area contributed by atoms with E-state index < -0.39 is 0 Å². The van der Waals surface area contributed by atoms with Crippen molar-refractivity contribution in [3.8, 4) is 22.4 Å². The second-order valence-electron chi connectivity index (χ2n) is 9.04. The quantitative estimate of drug-likeness (QED) is 0.540. The van der Waals surface area contributed by atoms with Gasteiger partial charge in [0.05, 0.1) is 6.20 Å². The minimum absolute atomic E-state index is 0.196. The monoisotopic (exact) mass is 449 g/mol. The highest BCUT2D eigenvalue weighted by atomic mass is 16.8. The molecule has 174 valence electrons. The van der Waals surface area contributed by atoms with Crippen molar-refractivity contribution in [2.24, 2.45) is 5.92 Å². The molecule has 2 aromatic heterocycles. The first kappa shape index (κ1) is 21.9. The van der Waals surface area contributed by atoms with E-state index in [2.05, 4.69) is 15.9 Å². The van der Waals surface area contributed by atoms with E-state index in [0.717, 1.165) is 48.2 Å². The fourth-order valence-corrected chi connectivity index (χ4v) is 4.64. The Labute approximate surface area is 193 Å². The van der Waals surface area contributed by atoms with Crippen molar-refractivity contribution in [3.05, 3.63) is 59.1 Å². The lowest BCUT2D eigenvalue weighted by molar-refractivity contribution is -0.154. The Kier molecular flexibility index (Phi) is 6.83. The molecule has 33 heavy (non-hydrogen) atoms. The highest BCUT2D eigenvalue weighted by molar-refractivity contribution is 5.68. The number of ether oxygens (including phenoxy) is 1. The van der Waals surface area contributed by atoms with E-state index in [1.54, 1.807) is 12.3 Å². The normalized spacial score (nSPS) is 19.5. The Hall–Kier alpha value is -2.97. The van der Waals surface area contributed by atoms with Crippen molar-refractivity contribution in [1.82, 2.24) is 19.7 Å². The summed E-state index contributed by atoms with van der Waals surface area (Å²) in [5.74, 6) is 0.716. The highest BCUT2D eigenvalue weighted by Gasteiger charge is 2.16. The van der Waals surface area contributed by atoms with Gasteiger partial charge in [-0.2, -0.15) is 5.59 Å². The molecule has 3 aromatic rings. The van der Waals surface area contributed by atoms with Crippen LogP contribution in [0.25, 0.3) is 22.4 Å². The number of aromatic nitrogens is 4. The number of nitrogens with one attached hydrogen (secondary N) is 1. The Morgan fingerprint density at radius 1 is 0.970 bits per heavy atom. The first-order valence-corrected chi connectivity index (χ1v) is 12.0. The van der Waals surface area contributed by atoms with Crippen LogP contribution in [0, 0.1) is 5.92 Å². The maximum Gasteiger partial charge on any atom is 0.271 e. The Bertz CT molecular complexity index is 1100. The van der Waals surface area contributed by atoms with Gasteiger partial charge < -0.3 is 4.74 Å². The van der Waals surface area contributed by atoms with Gasteiger partial charge in [0.25, 0.3) is 5.56 Å². The van der Waals surface area contributed by atoms with Gasteiger partial charge in [0.1, 0.15) is 5.69 Å². The zero-order chi connectivity index (χ0) is 22.5. The van der Waals surface area contributed by atoms with E-state index in [4.69, 9.17) is 9.57 Å². The van der Waals surface area contributed by atoms with E-state index in [1.807, 2.05) is 41.2 Å². The summed E-state index contributed by atoms with van der Waals surface area (Å²) in [7, 11) is 0. The maximum absolute atomic E-state index is 12.5. The number of pyridine rings is 1. The molecular weight excluding hydrogens is 418 g/mol. The molecule has 1 saturated heterocycles. The van der Waals surface area contributed by atoms with Crippen molar-refractivity contribution >= 4 is 0 Å². The second-order valence-corrected chi connectivity index (χ2v) is 9.04. The van der Waals surface area contributed by atoms with Crippen molar-refractivity contribution in [1.29, 1.82) is 0 Å². The molecule has 0 amide bonds. The van der Waals surface area contributed by atoms with Gasteiger partial charge in [-0.3, -0.25) is 9.48 Å². The molecule has 1 unspecified atom stereocenters. The first-order valence-electron chi connectivity index (χ1n) is 12.0. The summed E-state index contributed by atoms with van der Waals surface area (Å²) in [6.45, 7) is 1.64. The van der Waals surface area contributed by atoms with Gasteiger partial charge in [-0.15, -0.1) is 5.10 Å². The van der Waals surface area contributed by atoms with Gasteiger partial charge in [-0.1, -0.05) is 48.7 Å². The number of benzene rings is 1. The predicted molar refractivity (Wildman–Crippen MR) is 126 cm³/mol. The maximum atomic E-state index is 12.5. The van der Waals surface area contributed by atoms with E-state index in [9.17, 15) is 4.79 Å². The van der Waals surface area contributed by atoms with Crippen LogP contribution in [0.2, 0.25) is 0 Å². The zero-order valence-corrected chi connectivity index (χ0v) is 18.9. The summed E-state index contributed by atoms with van der Waals surface area (Å²) in [6, 6.07) is 11.5. The molecule has 2 aliphatic rings. The van der Waals surface area contributed by atoms with E-state index in [1.165, 1.54) is 36.8 Å². The molecular formula is C25H31N5O3. The Morgan fingerprint density at radius 2 is 1.76 bits per heavy atom. The van der Waals surface area contributed by atoms with Crippen LogP contribution in [0.3, 0.4) is 0 Å². The molecule has 1 aromatic carbocycles. The van der Waals surface area contributed by atoms with E-state index >= 15 is 0 Å². The molecule has 1 N–H and O–H groups in total. The standard InChI is InChI=1S/C25H31N5O3/c31-24-16-22(13-14-30(24)28-33-25-8-4-5-15-32-25)20-9-11-21(12-10-20)23-18-29(27-26-23)17-19-6-2-1-3-7-19/h9-14,16,18-19,25,28H,1-8,15,17H2. The minimum atomic E-state index is -0.321. The molecule has 8 heteroatoms. The minimum Gasteiger partial charge on any atom is -0.350 e. The molecule has 1 aliphatic heterocycles. The van der Waals surface area contributed by atoms with Crippen LogP contribution in [-0.4, -0.2) is 32.6 Å². The zero-order valence-electron chi connectivity index (χ0n) is 18.9. The SMILES string of the molecule is O=c1cc(-c2ccc(-c3cn(CC4CCCCC4)nn3)cc2)ccn1NOC1CCCCO1. The van der Waals surface area contributed by atoms with Crippen LogP contribution in [0.1, 0.15) is 51.4 Å². The average molecular weight is 450 g/mol. The third-order valence-electron chi connectivity index (χ3n) is 6.56. The van der Waals surface area contributed by atoms with Crippen LogP contribution >= 0.6 is 0 Å². The third-order valence-corrected chi connectivity index (χ3v) is 6.56. The molecule has 2 fully saturated rings. The van der Waals surface area contributed by atoms with E-state index in [0.29, 0.717) is 12.5 Å². The number of rotatable bonds is 7. The molecule has 0 bridgehead atoms. The highest BCUT2D eigenvalue weighted by Crippen LogP contribution is 2.26. The molecule has 0 radical (unpaired) electrons. The predicted octanol–water partition coefficient (Wildman–Crippen LogP) is 4.36. The Morgan fingerprint density at radius 3 is 2.52 bits per heavy atom. The largest absolute Gasteiger partial charge is 0.350 e. The summed E-state index contributed by atoms with van der Waals surface area (Å²) < 4.78 is 8.81. The second kappa shape index (κ2) is 10.3. The summed E-state index contributed by atoms with van der Waals surface area (Å²) in [4.78, 5) is 18.0. The molecule has 1 atom stereocenters. The van der Waals surface area contributed by atoms with Gasteiger partial charge >= 0.3 is 0 Å². The lowest BCUT2D eigenvalue weighted by Crippen LogP contribution is -2.33. The van der Waals surface area contributed by atoms with Crippen molar-refractivity contribution in [2.75, 3.05) is 12.2 Å². The van der Waals surface area contributed by atoms with Gasteiger partial charge in [0, 0.05) is 37.4 Å². The summed E-state index contributed by atoms with van der Waals surface area (Å²) in [5.41, 5.74) is 6.19. The smallest absolute Gasteiger partial charge is 0.271 e. The van der Waals surface area contributed by atoms with Gasteiger partial charge in [0.2, 0.25) is 0 Å². The van der Waals surface area contributed by atoms with Crippen LogP contribution in [0.4, 0.5) is 0 Å². The van der Waals surface area contributed by atoms with Gasteiger partial charge in [-0.05, 0) is 48.8 Å².